The first kappa shape index (κ1) is 15.2. The monoisotopic (exact) mass is 277 g/mol. The molecule has 1 heterocycles. The van der Waals surface area contributed by atoms with Gasteiger partial charge in [0.05, 0.1) is 5.75 Å². The molecule has 7 heteroatoms. The minimum Gasteiger partial charge on any atom is -0.409 e. The molecule has 0 aromatic heterocycles. The van der Waals surface area contributed by atoms with Crippen LogP contribution in [0.15, 0.2) is 5.16 Å². The first-order chi connectivity index (χ1) is 8.48. The van der Waals surface area contributed by atoms with Crippen molar-refractivity contribution < 1.29 is 13.6 Å². The zero-order valence-electron chi connectivity index (χ0n) is 10.9. The molecule has 0 aromatic carbocycles. The summed E-state index contributed by atoms with van der Waals surface area (Å²) in [5.74, 6) is 0.955. The lowest BCUT2D eigenvalue weighted by molar-refractivity contribution is 0.206. The fourth-order valence-corrected chi connectivity index (χ4v) is 3.04. The van der Waals surface area contributed by atoms with Crippen LogP contribution >= 0.6 is 0 Å². The van der Waals surface area contributed by atoms with Gasteiger partial charge in [0.25, 0.3) is 0 Å². The van der Waals surface area contributed by atoms with E-state index in [9.17, 15) is 8.42 Å². The zero-order valence-corrected chi connectivity index (χ0v) is 11.7. The standard InChI is InChI=1S/C11H23N3O3S/c1-2-18(16,17)9-3-6-14-7-4-10(5-8-14)11(12)13-15/h10,15H,2-9H2,1H3,(H2,12,13). The van der Waals surface area contributed by atoms with Gasteiger partial charge in [-0.2, -0.15) is 0 Å². The minimum absolute atomic E-state index is 0.158. The van der Waals surface area contributed by atoms with Crippen LogP contribution in [0.1, 0.15) is 26.2 Å². The number of nitrogens with zero attached hydrogens (tertiary/aromatic N) is 2. The number of nitrogens with two attached hydrogens (primary N) is 1. The summed E-state index contributed by atoms with van der Waals surface area (Å²) in [4.78, 5) is 2.24. The van der Waals surface area contributed by atoms with Crippen molar-refractivity contribution in [1.82, 2.24) is 4.90 Å². The Morgan fingerprint density at radius 2 is 2.06 bits per heavy atom. The average molecular weight is 277 g/mol. The summed E-state index contributed by atoms with van der Waals surface area (Å²) >= 11 is 0. The lowest BCUT2D eigenvalue weighted by Crippen LogP contribution is -2.39. The Hall–Kier alpha value is -0.820. The Morgan fingerprint density at radius 3 is 2.56 bits per heavy atom. The largest absolute Gasteiger partial charge is 0.409 e. The van der Waals surface area contributed by atoms with Gasteiger partial charge >= 0.3 is 0 Å². The fraction of sp³-hybridized carbons (Fsp3) is 0.909. The molecule has 1 fully saturated rings. The van der Waals surface area contributed by atoms with E-state index >= 15 is 0 Å². The van der Waals surface area contributed by atoms with Crippen molar-refractivity contribution in [3.63, 3.8) is 0 Å². The summed E-state index contributed by atoms with van der Waals surface area (Å²) < 4.78 is 22.7. The molecule has 0 atom stereocenters. The number of likely N-dealkylation sites (tertiary alicyclic amines) is 1. The van der Waals surface area contributed by atoms with Gasteiger partial charge in [0.1, 0.15) is 15.7 Å². The Morgan fingerprint density at radius 1 is 1.44 bits per heavy atom. The molecule has 0 spiro atoms. The van der Waals surface area contributed by atoms with Gasteiger partial charge in [-0.1, -0.05) is 12.1 Å². The lowest BCUT2D eigenvalue weighted by atomic mass is 9.96. The Bertz CT molecular complexity index is 373. The molecule has 1 aliphatic rings. The second-order valence-electron chi connectivity index (χ2n) is 4.73. The molecule has 0 radical (unpaired) electrons. The van der Waals surface area contributed by atoms with Gasteiger partial charge in [-0.05, 0) is 38.9 Å². The van der Waals surface area contributed by atoms with Gasteiger partial charge in [0, 0.05) is 11.7 Å². The summed E-state index contributed by atoms with van der Waals surface area (Å²) in [6.45, 7) is 4.25. The molecule has 18 heavy (non-hydrogen) atoms. The maximum absolute atomic E-state index is 11.3. The molecule has 0 amide bonds. The number of oxime groups is 1. The smallest absolute Gasteiger partial charge is 0.150 e. The van der Waals surface area contributed by atoms with Gasteiger partial charge in [0.15, 0.2) is 0 Å². The molecule has 0 unspecified atom stereocenters. The molecule has 0 aliphatic carbocycles. The van der Waals surface area contributed by atoms with Crippen LogP contribution in [0, 0.1) is 5.92 Å². The first-order valence-electron chi connectivity index (χ1n) is 6.38. The normalized spacial score (nSPS) is 20.2. The van der Waals surface area contributed by atoms with Crippen LogP contribution in [0.4, 0.5) is 0 Å². The van der Waals surface area contributed by atoms with E-state index in [0.717, 1.165) is 32.5 Å². The molecule has 1 saturated heterocycles. The van der Waals surface area contributed by atoms with Gasteiger partial charge in [-0.25, -0.2) is 8.42 Å². The quantitative estimate of drug-likeness (QED) is 0.314. The molecular formula is C11H23N3O3S. The SMILES string of the molecule is CCS(=O)(=O)CCCN1CCC(C(N)=NO)CC1. The second kappa shape index (κ2) is 6.94. The molecule has 0 bridgehead atoms. The number of piperidine rings is 1. The van der Waals surface area contributed by atoms with Crippen LogP contribution in [-0.2, 0) is 9.84 Å². The highest BCUT2D eigenvalue weighted by Crippen LogP contribution is 2.17. The van der Waals surface area contributed by atoms with Crippen LogP contribution in [0.2, 0.25) is 0 Å². The predicted molar refractivity (Wildman–Crippen MR) is 71.5 cm³/mol. The number of amidine groups is 1. The maximum atomic E-state index is 11.3. The topological polar surface area (TPSA) is 96.0 Å². The summed E-state index contributed by atoms with van der Waals surface area (Å²) in [7, 11) is -2.85. The first-order valence-corrected chi connectivity index (χ1v) is 8.21. The van der Waals surface area contributed by atoms with E-state index in [1.54, 1.807) is 6.92 Å². The third-order valence-electron chi connectivity index (χ3n) is 3.49. The molecule has 6 nitrogen and oxygen atoms in total. The van der Waals surface area contributed by atoms with Gasteiger partial charge in [0.2, 0.25) is 0 Å². The Balaban J connectivity index is 2.24. The predicted octanol–water partition coefficient (Wildman–Crippen LogP) is 0.270. The highest BCUT2D eigenvalue weighted by molar-refractivity contribution is 7.91. The van der Waals surface area contributed by atoms with E-state index in [4.69, 9.17) is 10.9 Å². The number of hydrogen-bond donors (Lipinski definition) is 2. The van der Waals surface area contributed by atoms with Gasteiger partial charge < -0.3 is 15.8 Å². The third-order valence-corrected chi connectivity index (χ3v) is 5.28. The summed E-state index contributed by atoms with van der Waals surface area (Å²) in [6.07, 6.45) is 2.43. The van der Waals surface area contributed by atoms with Crippen LogP contribution in [0.25, 0.3) is 0 Å². The average Bonchev–Trinajstić information content (AvgIpc) is 2.38. The molecule has 0 saturated carbocycles. The summed E-state index contributed by atoms with van der Waals surface area (Å²) in [5.41, 5.74) is 5.57. The van der Waals surface area contributed by atoms with Crippen molar-refractivity contribution in [3.05, 3.63) is 0 Å². The van der Waals surface area contributed by atoms with E-state index in [1.165, 1.54) is 0 Å². The van der Waals surface area contributed by atoms with E-state index in [0.29, 0.717) is 12.3 Å². The van der Waals surface area contributed by atoms with Crippen molar-refractivity contribution in [2.45, 2.75) is 26.2 Å². The zero-order chi connectivity index (χ0) is 13.6. The molecule has 106 valence electrons. The third kappa shape index (κ3) is 4.81. The van der Waals surface area contributed by atoms with Crippen LogP contribution in [0.5, 0.6) is 0 Å². The molecular weight excluding hydrogens is 254 g/mol. The maximum Gasteiger partial charge on any atom is 0.150 e. The van der Waals surface area contributed by atoms with Gasteiger partial charge in [-0.3, -0.25) is 0 Å². The van der Waals surface area contributed by atoms with E-state index in [2.05, 4.69) is 10.1 Å². The van der Waals surface area contributed by atoms with Crippen molar-refractivity contribution in [3.8, 4) is 0 Å². The number of hydrogen-bond acceptors (Lipinski definition) is 5. The van der Waals surface area contributed by atoms with Gasteiger partial charge in [-0.15, -0.1) is 0 Å². The van der Waals surface area contributed by atoms with E-state index in [-0.39, 0.29) is 17.4 Å². The van der Waals surface area contributed by atoms with E-state index in [1.807, 2.05) is 0 Å². The minimum atomic E-state index is -2.85. The Labute approximate surface area is 109 Å². The number of sulfone groups is 1. The van der Waals surface area contributed by atoms with Crippen molar-refractivity contribution >= 4 is 15.7 Å². The van der Waals surface area contributed by atoms with Crippen LogP contribution < -0.4 is 5.73 Å². The highest BCUT2D eigenvalue weighted by atomic mass is 32.2. The molecule has 3 N–H and O–H groups in total. The van der Waals surface area contributed by atoms with E-state index < -0.39 is 9.84 Å². The molecule has 1 aliphatic heterocycles. The second-order valence-corrected chi connectivity index (χ2v) is 7.20. The molecule has 0 aromatic rings. The fourth-order valence-electron chi connectivity index (χ4n) is 2.19. The Kier molecular flexibility index (Phi) is 5.87. The highest BCUT2D eigenvalue weighted by Gasteiger charge is 2.22. The van der Waals surface area contributed by atoms with Crippen molar-refractivity contribution in [2.24, 2.45) is 16.8 Å². The lowest BCUT2D eigenvalue weighted by Gasteiger charge is -2.31. The summed E-state index contributed by atoms with van der Waals surface area (Å²) in [5, 5.41) is 11.6. The molecule has 1 rings (SSSR count). The van der Waals surface area contributed by atoms with Crippen molar-refractivity contribution in [2.75, 3.05) is 31.1 Å². The van der Waals surface area contributed by atoms with Crippen LogP contribution in [0.3, 0.4) is 0 Å². The summed E-state index contributed by atoms with van der Waals surface area (Å²) in [6, 6.07) is 0. The van der Waals surface area contributed by atoms with Crippen LogP contribution in [-0.4, -0.2) is 55.5 Å². The number of rotatable bonds is 6. The van der Waals surface area contributed by atoms with Crippen molar-refractivity contribution in [1.29, 1.82) is 0 Å².